The van der Waals surface area contributed by atoms with Gasteiger partial charge in [-0.2, -0.15) is 0 Å². The SMILES string of the molecule is CC1CC(N)CN(CC(=O)n2nc3ccccn3c2=O)C1. The zero-order valence-corrected chi connectivity index (χ0v) is 12.0. The molecule has 1 aliphatic heterocycles. The molecule has 0 spiro atoms. The van der Waals surface area contributed by atoms with Crippen molar-refractivity contribution in [3.63, 3.8) is 0 Å². The number of rotatable bonds is 2. The second-order valence-corrected chi connectivity index (χ2v) is 5.81. The van der Waals surface area contributed by atoms with E-state index >= 15 is 0 Å². The maximum atomic E-state index is 12.3. The molecule has 0 amide bonds. The Bertz CT molecular complexity index is 709. The number of piperidine rings is 1. The van der Waals surface area contributed by atoms with Crippen LogP contribution in [0.2, 0.25) is 0 Å². The van der Waals surface area contributed by atoms with E-state index in [1.54, 1.807) is 24.4 Å². The molecule has 1 fully saturated rings. The topological polar surface area (TPSA) is 85.6 Å². The highest BCUT2D eigenvalue weighted by Gasteiger charge is 2.25. The Hall–Kier alpha value is -1.99. The molecule has 3 heterocycles. The maximum absolute atomic E-state index is 12.3. The number of nitrogens with zero attached hydrogens (tertiary/aromatic N) is 4. The summed E-state index contributed by atoms with van der Waals surface area (Å²) in [5.74, 6) is 0.143. The van der Waals surface area contributed by atoms with Crippen molar-refractivity contribution in [2.24, 2.45) is 11.7 Å². The van der Waals surface area contributed by atoms with Crippen molar-refractivity contribution >= 4 is 11.6 Å². The largest absolute Gasteiger partial charge is 0.357 e. The number of nitrogens with two attached hydrogens (primary N) is 1. The number of aromatic nitrogens is 3. The maximum Gasteiger partial charge on any atom is 0.357 e. The normalized spacial score (nSPS) is 23.5. The summed E-state index contributed by atoms with van der Waals surface area (Å²) >= 11 is 0. The quantitative estimate of drug-likeness (QED) is 0.828. The Balaban J connectivity index is 1.81. The molecule has 1 saturated heterocycles. The van der Waals surface area contributed by atoms with Gasteiger partial charge in [-0.3, -0.25) is 9.69 Å². The highest BCUT2D eigenvalue weighted by molar-refractivity contribution is 5.80. The Morgan fingerprint density at radius 3 is 2.95 bits per heavy atom. The first-order valence-corrected chi connectivity index (χ1v) is 7.12. The Morgan fingerprint density at radius 1 is 1.43 bits per heavy atom. The van der Waals surface area contributed by atoms with E-state index in [2.05, 4.69) is 12.0 Å². The van der Waals surface area contributed by atoms with Crippen LogP contribution in [-0.4, -0.2) is 50.7 Å². The van der Waals surface area contributed by atoms with Gasteiger partial charge in [-0.25, -0.2) is 9.20 Å². The van der Waals surface area contributed by atoms with Gasteiger partial charge in [0.1, 0.15) is 0 Å². The molecule has 2 N–H and O–H groups in total. The molecule has 0 saturated carbocycles. The van der Waals surface area contributed by atoms with Gasteiger partial charge in [0.25, 0.3) is 5.91 Å². The van der Waals surface area contributed by atoms with Gasteiger partial charge in [-0.1, -0.05) is 13.0 Å². The van der Waals surface area contributed by atoms with E-state index in [1.807, 2.05) is 4.90 Å². The fourth-order valence-corrected chi connectivity index (χ4v) is 2.99. The lowest BCUT2D eigenvalue weighted by Crippen LogP contribution is -2.49. The minimum absolute atomic E-state index is 0.0827. The minimum Gasteiger partial charge on any atom is -0.327 e. The molecule has 7 nitrogen and oxygen atoms in total. The number of pyridine rings is 1. The molecule has 3 rings (SSSR count). The fraction of sp³-hybridized carbons (Fsp3) is 0.500. The number of hydrogen-bond acceptors (Lipinski definition) is 5. The molecule has 0 radical (unpaired) electrons. The van der Waals surface area contributed by atoms with Gasteiger partial charge in [0.2, 0.25) is 0 Å². The first kappa shape index (κ1) is 14.0. The summed E-state index contributed by atoms with van der Waals surface area (Å²) in [7, 11) is 0. The first-order valence-electron chi connectivity index (χ1n) is 7.12. The molecule has 0 bridgehead atoms. The van der Waals surface area contributed by atoms with E-state index in [4.69, 9.17) is 5.73 Å². The van der Waals surface area contributed by atoms with Crippen LogP contribution in [0.15, 0.2) is 29.2 Å². The lowest BCUT2D eigenvalue weighted by Gasteiger charge is -2.33. The van der Waals surface area contributed by atoms with Crippen molar-refractivity contribution < 1.29 is 4.79 Å². The van der Waals surface area contributed by atoms with Crippen molar-refractivity contribution in [3.05, 3.63) is 34.9 Å². The third-order valence-corrected chi connectivity index (χ3v) is 3.79. The smallest absolute Gasteiger partial charge is 0.327 e. The summed E-state index contributed by atoms with van der Waals surface area (Å²) in [6, 6.07) is 5.29. The summed E-state index contributed by atoms with van der Waals surface area (Å²) in [5.41, 5.74) is 6.03. The Labute approximate surface area is 122 Å². The molecule has 0 aromatic carbocycles. The van der Waals surface area contributed by atoms with Gasteiger partial charge >= 0.3 is 5.69 Å². The highest BCUT2D eigenvalue weighted by Crippen LogP contribution is 2.14. The fourth-order valence-electron chi connectivity index (χ4n) is 2.99. The van der Waals surface area contributed by atoms with E-state index < -0.39 is 5.69 Å². The number of fused-ring (bicyclic) bond motifs is 1. The number of carbonyl (C=O) groups excluding carboxylic acids is 1. The lowest BCUT2D eigenvalue weighted by atomic mass is 9.97. The summed E-state index contributed by atoms with van der Waals surface area (Å²) in [5, 5.41) is 4.08. The van der Waals surface area contributed by atoms with Crippen LogP contribution in [0.3, 0.4) is 0 Å². The lowest BCUT2D eigenvalue weighted by molar-refractivity contribution is 0.0777. The van der Waals surface area contributed by atoms with Gasteiger partial charge < -0.3 is 5.73 Å². The molecule has 1 aliphatic rings. The standard InChI is InChI=1S/C14H19N5O2/c1-10-6-11(15)8-17(7-10)9-13(20)19-14(21)18-5-3-2-4-12(18)16-19/h2-5,10-11H,6-9,15H2,1H3. The summed E-state index contributed by atoms with van der Waals surface area (Å²) < 4.78 is 2.31. The van der Waals surface area contributed by atoms with Gasteiger partial charge in [-0.15, -0.1) is 9.78 Å². The zero-order chi connectivity index (χ0) is 15.0. The monoisotopic (exact) mass is 289 g/mol. The average Bonchev–Trinajstić information content (AvgIpc) is 2.76. The van der Waals surface area contributed by atoms with E-state index in [-0.39, 0.29) is 18.5 Å². The van der Waals surface area contributed by atoms with Crippen LogP contribution in [0.4, 0.5) is 0 Å². The predicted molar refractivity (Wildman–Crippen MR) is 78.3 cm³/mol. The van der Waals surface area contributed by atoms with E-state index in [0.29, 0.717) is 18.1 Å². The first-order chi connectivity index (χ1) is 10.0. The van der Waals surface area contributed by atoms with Gasteiger partial charge in [0.15, 0.2) is 5.65 Å². The van der Waals surface area contributed by atoms with Gasteiger partial charge in [0.05, 0.1) is 6.54 Å². The molecule has 21 heavy (non-hydrogen) atoms. The molecule has 112 valence electrons. The van der Waals surface area contributed by atoms with E-state index in [0.717, 1.165) is 17.6 Å². The Kier molecular flexibility index (Phi) is 3.60. The molecule has 2 atom stereocenters. The molecule has 2 aromatic rings. The summed E-state index contributed by atoms with van der Waals surface area (Å²) in [6.07, 6.45) is 2.58. The van der Waals surface area contributed by atoms with Crippen LogP contribution in [0, 0.1) is 5.92 Å². The van der Waals surface area contributed by atoms with Crippen LogP contribution in [0.1, 0.15) is 18.1 Å². The molecular formula is C14H19N5O2. The number of likely N-dealkylation sites (tertiary alicyclic amines) is 1. The van der Waals surface area contributed by atoms with Crippen molar-refractivity contribution in [1.29, 1.82) is 0 Å². The van der Waals surface area contributed by atoms with Crippen molar-refractivity contribution in [2.75, 3.05) is 19.6 Å². The number of carbonyl (C=O) groups is 1. The second-order valence-electron chi connectivity index (χ2n) is 5.81. The van der Waals surface area contributed by atoms with Gasteiger partial charge in [-0.05, 0) is 24.5 Å². The molecule has 2 unspecified atom stereocenters. The highest BCUT2D eigenvalue weighted by atomic mass is 16.2. The molecular weight excluding hydrogens is 270 g/mol. The summed E-state index contributed by atoms with van der Waals surface area (Å²) in [4.78, 5) is 26.5. The van der Waals surface area contributed by atoms with E-state index in [1.165, 1.54) is 4.40 Å². The van der Waals surface area contributed by atoms with Crippen molar-refractivity contribution in [1.82, 2.24) is 19.1 Å². The van der Waals surface area contributed by atoms with Crippen LogP contribution >= 0.6 is 0 Å². The molecule has 7 heteroatoms. The van der Waals surface area contributed by atoms with E-state index in [9.17, 15) is 9.59 Å². The average molecular weight is 289 g/mol. The summed E-state index contributed by atoms with van der Waals surface area (Å²) in [6.45, 7) is 3.79. The zero-order valence-electron chi connectivity index (χ0n) is 12.0. The molecule has 2 aromatic heterocycles. The minimum atomic E-state index is -0.426. The second kappa shape index (κ2) is 5.42. The van der Waals surface area contributed by atoms with Crippen molar-refractivity contribution in [2.45, 2.75) is 19.4 Å². The van der Waals surface area contributed by atoms with Crippen LogP contribution < -0.4 is 11.4 Å². The van der Waals surface area contributed by atoms with Crippen LogP contribution in [0.5, 0.6) is 0 Å². The van der Waals surface area contributed by atoms with Gasteiger partial charge in [0, 0.05) is 25.3 Å². The van der Waals surface area contributed by atoms with Crippen LogP contribution in [-0.2, 0) is 0 Å². The third kappa shape index (κ3) is 2.74. The Morgan fingerprint density at radius 2 is 2.24 bits per heavy atom. The van der Waals surface area contributed by atoms with Crippen molar-refractivity contribution in [3.8, 4) is 0 Å². The third-order valence-electron chi connectivity index (χ3n) is 3.79. The predicted octanol–water partition coefficient (Wildman–Crippen LogP) is -0.195. The van der Waals surface area contributed by atoms with Crippen LogP contribution in [0.25, 0.3) is 5.65 Å². The molecule has 0 aliphatic carbocycles. The number of hydrogen-bond donors (Lipinski definition) is 1.